The molecule has 11 nitrogen and oxygen atoms in total. The van der Waals surface area contributed by atoms with Gasteiger partial charge in [-0.1, -0.05) is 6.92 Å². The van der Waals surface area contributed by atoms with Gasteiger partial charge in [0.25, 0.3) is 5.56 Å². The molecule has 0 aromatic carbocycles. The fourth-order valence-corrected chi connectivity index (χ4v) is 3.34. The fraction of sp³-hybridized carbons (Fsp3) is 0.650. The Morgan fingerprint density at radius 2 is 1.76 bits per heavy atom. The number of aromatic nitrogens is 2. The summed E-state index contributed by atoms with van der Waals surface area (Å²) in [6.45, 7) is 1.35. The van der Waals surface area contributed by atoms with E-state index < -0.39 is 54.2 Å². The van der Waals surface area contributed by atoms with Gasteiger partial charge in [0.05, 0.1) is 12.2 Å². The number of halogens is 3. The summed E-state index contributed by atoms with van der Waals surface area (Å²) in [5, 5.41) is 24.3. The number of nitrogens with zero attached hydrogens (tertiary/aromatic N) is 1. The van der Waals surface area contributed by atoms with Gasteiger partial charge in [0.15, 0.2) is 5.82 Å². The molecule has 1 fully saturated rings. The van der Waals surface area contributed by atoms with Crippen molar-refractivity contribution in [2.24, 2.45) is 0 Å². The lowest BCUT2D eigenvalue weighted by atomic mass is 10.1. The van der Waals surface area contributed by atoms with E-state index in [4.69, 9.17) is 4.74 Å². The molecular weight excluding hydrogens is 465 g/mol. The summed E-state index contributed by atoms with van der Waals surface area (Å²) in [7, 11) is 0. The minimum Gasteiger partial charge on any atom is -0.493 e. The van der Waals surface area contributed by atoms with Crippen LogP contribution in [0.5, 0.6) is 5.88 Å². The monoisotopic (exact) mass is 492 g/mol. The van der Waals surface area contributed by atoms with Gasteiger partial charge in [-0.15, -0.1) is 0 Å². The Balaban J connectivity index is 1.77. The van der Waals surface area contributed by atoms with Crippen molar-refractivity contribution in [2.75, 3.05) is 18.4 Å². The highest BCUT2D eigenvalue weighted by molar-refractivity contribution is 5.87. The first kappa shape index (κ1) is 27.2. The van der Waals surface area contributed by atoms with Crippen LogP contribution in [0, 0.1) is 0 Å². The highest BCUT2D eigenvalue weighted by Crippen LogP contribution is 2.36. The average Bonchev–Trinajstić information content (AvgIpc) is 3.13. The molecule has 1 aliphatic heterocycles. The van der Waals surface area contributed by atoms with Crippen LogP contribution in [0.4, 0.5) is 19.0 Å². The smallest absolute Gasteiger partial charge is 0.471 e. The van der Waals surface area contributed by atoms with E-state index in [1.54, 1.807) is 5.32 Å². The number of hydrogen-bond acceptors (Lipinski definition) is 9. The second-order valence-corrected chi connectivity index (χ2v) is 7.78. The Labute approximate surface area is 192 Å². The molecule has 1 aliphatic rings. The third-order valence-electron chi connectivity index (χ3n) is 5.18. The number of carbonyl (C=O) groups excluding carboxylic acids is 3. The first-order valence-corrected chi connectivity index (χ1v) is 10.7. The third-order valence-corrected chi connectivity index (χ3v) is 5.18. The van der Waals surface area contributed by atoms with Crippen LogP contribution in [0.15, 0.2) is 4.79 Å². The number of Topliss-reactive ketones (excluding diaryl/α,β-unsaturated/α-hetero) is 2. The maximum Gasteiger partial charge on any atom is 0.471 e. The van der Waals surface area contributed by atoms with E-state index in [2.05, 4.69) is 15.3 Å². The number of amides is 1. The van der Waals surface area contributed by atoms with E-state index in [0.29, 0.717) is 6.42 Å². The van der Waals surface area contributed by atoms with Gasteiger partial charge in [-0.25, -0.2) is 4.98 Å². The molecule has 5 N–H and O–H groups in total. The minimum absolute atomic E-state index is 0.000687. The van der Waals surface area contributed by atoms with E-state index in [-0.39, 0.29) is 55.9 Å². The van der Waals surface area contributed by atoms with E-state index in [1.807, 2.05) is 6.92 Å². The van der Waals surface area contributed by atoms with Crippen LogP contribution in [0.3, 0.4) is 0 Å². The number of ether oxygens (including phenoxy) is 1. The maximum absolute atomic E-state index is 12.1. The van der Waals surface area contributed by atoms with Crippen molar-refractivity contribution in [3.05, 3.63) is 16.0 Å². The van der Waals surface area contributed by atoms with E-state index in [9.17, 15) is 42.6 Å². The Morgan fingerprint density at radius 3 is 2.32 bits per heavy atom. The van der Waals surface area contributed by atoms with Crippen molar-refractivity contribution < 1.29 is 42.5 Å². The first-order chi connectivity index (χ1) is 15.9. The molecule has 0 bridgehead atoms. The summed E-state index contributed by atoms with van der Waals surface area (Å²) in [5.41, 5.74) is -0.679. The van der Waals surface area contributed by atoms with Gasteiger partial charge < -0.3 is 25.6 Å². The predicted octanol–water partition coefficient (Wildman–Crippen LogP) is 0.865. The van der Waals surface area contributed by atoms with Crippen LogP contribution < -0.4 is 16.2 Å². The second-order valence-electron chi connectivity index (χ2n) is 7.78. The highest BCUT2D eigenvalue weighted by Gasteiger charge is 2.38. The normalized spacial score (nSPS) is 20.2. The Morgan fingerprint density at radius 1 is 1.15 bits per heavy atom. The number of anilines is 1. The third kappa shape index (κ3) is 7.80. The standard InChI is InChI=1S/C20H27F3N4O7/c1-2-13-12(30)9-14(34-13)15-17(31)27-18(32)16(26-15)24-7-5-10(28)3-4-11(29)6-8-25-19(33)20(21,22)23/h12-14,30H,2-9H2,1H3,(H,24,26)(H,25,33)(H2,27,31,32)/t12?,13-,14-/m1/s1. The summed E-state index contributed by atoms with van der Waals surface area (Å²) in [6.07, 6.45) is -6.89. The lowest BCUT2D eigenvalue weighted by Gasteiger charge is -2.14. The van der Waals surface area contributed by atoms with Crippen molar-refractivity contribution in [3.8, 4) is 5.88 Å². The molecule has 190 valence electrons. The molecule has 1 amide bonds. The van der Waals surface area contributed by atoms with Crippen LogP contribution in [0.25, 0.3) is 0 Å². The number of carbonyl (C=O) groups is 3. The number of H-pyrrole nitrogens is 1. The largest absolute Gasteiger partial charge is 0.493 e. The summed E-state index contributed by atoms with van der Waals surface area (Å²) >= 11 is 0. The number of ketones is 2. The van der Waals surface area contributed by atoms with Crippen molar-refractivity contribution in [1.82, 2.24) is 15.3 Å². The molecule has 1 aromatic heterocycles. The first-order valence-electron chi connectivity index (χ1n) is 10.7. The SMILES string of the molecule is CC[C@H]1O[C@@H](c2nc(NCCC(=O)CCC(=O)CCNC(=O)C(F)(F)F)c(=O)[nH]c2O)CC1O. The molecule has 14 heteroatoms. The Kier molecular flexibility index (Phi) is 9.55. The molecule has 1 unspecified atom stereocenters. The van der Waals surface area contributed by atoms with Gasteiger partial charge >= 0.3 is 12.1 Å². The van der Waals surface area contributed by atoms with Crippen molar-refractivity contribution in [1.29, 1.82) is 0 Å². The summed E-state index contributed by atoms with van der Waals surface area (Å²) in [6, 6.07) is 0. The molecule has 1 aromatic rings. The van der Waals surface area contributed by atoms with Gasteiger partial charge in [-0.3, -0.25) is 24.2 Å². The minimum atomic E-state index is -5.02. The van der Waals surface area contributed by atoms with Gasteiger partial charge in [0.2, 0.25) is 5.88 Å². The van der Waals surface area contributed by atoms with Crippen molar-refractivity contribution in [3.63, 3.8) is 0 Å². The maximum atomic E-state index is 12.1. The second kappa shape index (κ2) is 11.9. The summed E-state index contributed by atoms with van der Waals surface area (Å²) in [4.78, 5) is 52.6. The van der Waals surface area contributed by atoms with E-state index in [0.717, 1.165) is 0 Å². The van der Waals surface area contributed by atoms with Crippen LogP contribution in [0.2, 0.25) is 0 Å². The average molecular weight is 492 g/mol. The molecule has 0 radical (unpaired) electrons. The molecule has 2 rings (SSSR count). The lowest BCUT2D eigenvalue weighted by molar-refractivity contribution is -0.173. The van der Waals surface area contributed by atoms with Crippen LogP contribution in [0.1, 0.15) is 57.2 Å². The molecule has 0 spiro atoms. The zero-order valence-electron chi connectivity index (χ0n) is 18.4. The molecule has 0 saturated carbocycles. The number of aliphatic hydroxyl groups excluding tert-OH is 1. The van der Waals surface area contributed by atoms with Gasteiger partial charge in [0, 0.05) is 45.2 Å². The molecule has 34 heavy (non-hydrogen) atoms. The molecule has 1 saturated heterocycles. The summed E-state index contributed by atoms with van der Waals surface area (Å²) < 4.78 is 41.8. The van der Waals surface area contributed by atoms with Crippen molar-refractivity contribution in [2.45, 2.75) is 69.9 Å². The van der Waals surface area contributed by atoms with Gasteiger partial charge in [-0.2, -0.15) is 13.2 Å². The molecule has 3 atom stereocenters. The predicted molar refractivity (Wildman–Crippen MR) is 111 cm³/mol. The lowest BCUT2D eigenvalue weighted by Crippen LogP contribution is -2.37. The Hall–Kier alpha value is -3.00. The zero-order valence-corrected chi connectivity index (χ0v) is 18.4. The zero-order chi connectivity index (χ0) is 25.5. The van der Waals surface area contributed by atoms with Gasteiger partial charge in [-0.05, 0) is 6.42 Å². The van der Waals surface area contributed by atoms with Gasteiger partial charge in [0.1, 0.15) is 23.4 Å². The molecule has 0 aliphatic carbocycles. The summed E-state index contributed by atoms with van der Waals surface area (Å²) in [5.74, 6) is -3.58. The number of alkyl halides is 3. The number of nitrogens with one attached hydrogen (secondary N) is 3. The van der Waals surface area contributed by atoms with Crippen LogP contribution >= 0.6 is 0 Å². The van der Waals surface area contributed by atoms with Crippen LogP contribution in [-0.2, 0) is 19.1 Å². The number of hydrogen-bond donors (Lipinski definition) is 5. The van der Waals surface area contributed by atoms with E-state index in [1.165, 1.54) is 0 Å². The van der Waals surface area contributed by atoms with Crippen LogP contribution in [-0.4, -0.2) is 69.1 Å². The fourth-order valence-electron chi connectivity index (χ4n) is 3.34. The van der Waals surface area contributed by atoms with E-state index >= 15 is 0 Å². The number of aliphatic hydroxyl groups is 1. The molecular formula is C20H27F3N4O7. The molecule has 2 heterocycles. The topological polar surface area (TPSA) is 171 Å². The number of rotatable bonds is 12. The van der Waals surface area contributed by atoms with Crippen molar-refractivity contribution >= 4 is 23.3 Å². The number of aromatic amines is 1. The quantitative estimate of drug-likeness (QED) is 0.284. The number of aromatic hydroxyl groups is 1. The highest BCUT2D eigenvalue weighted by atomic mass is 19.4. The Bertz CT molecular complexity index is 951.